The summed E-state index contributed by atoms with van der Waals surface area (Å²) in [6, 6.07) is 0. The van der Waals surface area contributed by atoms with Crippen LogP contribution in [-0.2, 0) is 0 Å². The minimum Gasteiger partial charge on any atom is -0.119 e. The Bertz CT molecular complexity index is 84.7. The Kier molecular flexibility index (Phi) is 1.85. The zero-order valence-corrected chi connectivity index (χ0v) is 5.84. The molecule has 1 atom stereocenters. The third-order valence-electron chi connectivity index (χ3n) is 2.06. The van der Waals surface area contributed by atoms with Gasteiger partial charge in [0, 0.05) is 4.87 Å². The summed E-state index contributed by atoms with van der Waals surface area (Å²) in [5.74, 6) is 0. The highest BCUT2D eigenvalue weighted by molar-refractivity contribution is 6.26. The quantitative estimate of drug-likeness (QED) is 0.357. The maximum atomic E-state index is 5.93. The number of hydrogen-bond donors (Lipinski definition) is 0. The highest BCUT2D eigenvalue weighted by Gasteiger charge is 2.56. The van der Waals surface area contributed by atoms with Crippen LogP contribution in [0, 0.1) is 5.41 Å². The van der Waals surface area contributed by atoms with Gasteiger partial charge in [-0.25, -0.2) is 0 Å². The van der Waals surface area contributed by atoms with E-state index in [1.807, 2.05) is 0 Å². The van der Waals surface area contributed by atoms with E-state index in [0.29, 0.717) is 5.41 Å². The van der Waals surface area contributed by atoms with E-state index in [1.165, 1.54) is 6.42 Å². The van der Waals surface area contributed by atoms with Crippen LogP contribution in [0.1, 0.15) is 27.2 Å². The number of hydrogen-bond acceptors (Lipinski definition) is 0. The Morgan fingerprint density at radius 3 is 1.38 bits per heavy atom. The first-order valence-corrected chi connectivity index (χ1v) is 3.02. The molecule has 50 valence electrons. The predicted octanol–water partition coefficient (Wildman–Crippen LogP) is 0.962. The molecule has 1 aliphatic rings. The Balaban J connectivity index is 0.000000490. The molecule has 0 radical (unpaired) electrons. The smallest absolute Gasteiger partial charge is 0.0475 e. The summed E-state index contributed by atoms with van der Waals surface area (Å²) in [5.41, 5.74) is 0.411. The van der Waals surface area contributed by atoms with E-state index in [-0.39, 0.29) is 15.8 Å². The molecule has 0 heterocycles. The van der Waals surface area contributed by atoms with Gasteiger partial charge >= 0.3 is 0 Å². The summed E-state index contributed by atoms with van der Waals surface area (Å²) in [5, 5.41) is 0. The highest BCUT2D eigenvalue weighted by Crippen LogP contribution is 2.59. The van der Waals surface area contributed by atoms with E-state index >= 15 is 0 Å². The molecule has 0 aromatic carbocycles. The van der Waals surface area contributed by atoms with Gasteiger partial charge in [0.25, 0.3) is 0 Å². The number of halogens is 1. The lowest BCUT2D eigenvalue weighted by atomic mass is 10.1. The van der Waals surface area contributed by atoms with Crippen molar-refractivity contribution >= 4 is 22.6 Å². The summed E-state index contributed by atoms with van der Waals surface area (Å²) in [6.07, 6.45) is 1.17. The second-order valence-electron chi connectivity index (χ2n) is 3.26. The first-order chi connectivity index (χ1) is 2.96. The van der Waals surface area contributed by atoms with E-state index in [4.69, 9.17) is 11.6 Å². The van der Waals surface area contributed by atoms with Gasteiger partial charge in [-0.2, -0.15) is 0 Å². The fourth-order valence-electron chi connectivity index (χ4n) is 0.786. The topological polar surface area (TPSA) is 0 Å². The average Bonchev–Trinajstić information content (AvgIpc) is 1.63. The van der Waals surface area contributed by atoms with Crippen molar-refractivity contribution in [2.24, 2.45) is 5.41 Å². The molecule has 0 spiro atoms. The fourth-order valence-corrected chi connectivity index (χ4v) is 1.12. The van der Waals surface area contributed by atoms with Crippen LogP contribution in [0.15, 0.2) is 0 Å². The molecule has 2 heteroatoms. The lowest BCUT2D eigenvalue weighted by Gasteiger charge is -2.01. The van der Waals surface area contributed by atoms with E-state index in [9.17, 15) is 0 Å². The third-order valence-corrected chi connectivity index (χ3v) is 2.71. The maximum Gasteiger partial charge on any atom is 0.0475 e. The highest BCUT2D eigenvalue weighted by atomic mass is 35.5. The predicted molar refractivity (Wildman–Crippen MR) is 44.0 cm³/mol. The Hall–Kier alpha value is 0.507. The van der Waals surface area contributed by atoms with E-state index < -0.39 is 0 Å². The van der Waals surface area contributed by atoms with Crippen molar-refractivity contribution in [1.82, 2.24) is 0 Å². The monoisotopic (exact) mass is 150 g/mol. The van der Waals surface area contributed by atoms with Crippen molar-refractivity contribution in [2.45, 2.75) is 32.1 Å². The van der Waals surface area contributed by atoms with Gasteiger partial charge in [-0.1, -0.05) is 13.8 Å². The van der Waals surface area contributed by atoms with Gasteiger partial charge in [0.15, 0.2) is 0 Å². The molecule has 0 amide bonds. The van der Waals surface area contributed by atoms with Crippen LogP contribution in [0.4, 0.5) is 0 Å². The summed E-state index contributed by atoms with van der Waals surface area (Å²) in [6.45, 7) is 6.48. The molecule has 0 nitrogen and oxygen atoms in total. The molecule has 1 fully saturated rings. The zero-order valence-electron chi connectivity index (χ0n) is 5.09. The van der Waals surface area contributed by atoms with E-state index in [0.717, 1.165) is 0 Å². The zero-order chi connectivity index (χ0) is 5.71. The molecular formula is C6H15ClSi. The van der Waals surface area contributed by atoms with Gasteiger partial charge in [-0.3, -0.25) is 0 Å². The van der Waals surface area contributed by atoms with Crippen molar-refractivity contribution in [3.8, 4) is 0 Å². The fraction of sp³-hybridized carbons (Fsp3) is 1.00. The van der Waals surface area contributed by atoms with Crippen LogP contribution in [0.3, 0.4) is 0 Å². The molecule has 8 heavy (non-hydrogen) atoms. The summed E-state index contributed by atoms with van der Waals surface area (Å²) >= 11 is 5.93. The molecule has 0 aromatic rings. The first-order valence-electron chi connectivity index (χ1n) is 2.65. The average molecular weight is 151 g/mol. The minimum atomic E-state index is 0. The molecule has 0 aromatic heterocycles. The Morgan fingerprint density at radius 1 is 1.25 bits per heavy atom. The molecule has 0 aliphatic heterocycles. The van der Waals surface area contributed by atoms with Gasteiger partial charge in [0.2, 0.25) is 0 Å². The molecule has 1 rings (SSSR count). The van der Waals surface area contributed by atoms with Crippen molar-refractivity contribution in [3.05, 3.63) is 0 Å². The van der Waals surface area contributed by atoms with Crippen LogP contribution in [-0.4, -0.2) is 15.8 Å². The van der Waals surface area contributed by atoms with Gasteiger partial charge in [0.05, 0.1) is 0 Å². The summed E-state index contributed by atoms with van der Waals surface area (Å²) in [7, 11) is 0. The van der Waals surface area contributed by atoms with Gasteiger partial charge in [-0.15, -0.1) is 11.6 Å². The van der Waals surface area contributed by atoms with Gasteiger partial charge in [-0.05, 0) is 29.7 Å². The van der Waals surface area contributed by atoms with Crippen LogP contribution in [0.25, 0.3) is 0 Å². The van der Waals surface area contributed by atoms with Crippen molar-refractivity contribution < 1.29 is 0 Å². The number of alkyl halides is 1. The molecule has 1 aliphatic carbocycles. The molecule has 0 bridgehead atoms. The normalized spacial score (nSPS) is 40.5. The minimum absolute atomic E-state index is 0. The molecule has 0 saturated heterocycles. The van der Waals surface area contributed by atoms with Crippen molar-refractivity contribution in [3.63, 3.8) is 0 Å². The van der Waals surface area contributed by atoms with Gasteiger partial charge < -0.3 is 0 Å². The SMILES string of the molecule is CC1(C)CC1(C)Cl.[SiH4]. The van der Waals surface area contributed by atoms with Crippen LogP contribution >= 0.6 is 11.6 Å². The molecule has 0 N–H and O–H groups in total. The molecule has 1 unspecified atom stereocenters. The first kappa shape index (κ1) is 8.51. The largest absolute Gasteiger partial charge is 0.119 e. The van der Waals surface area contributed by atoms with Crippen LogP contribution in [0.5, 0.6) is 0 Å². The number of rotatable bonds is 0. The van der Waals surface area contributed by atoms with Gasteiger partial charge in [0.1, 0.15) is 0 Å². The lowest BCUT2D eigenvalue weighted by Crippen LogP contribution is -1.99. The van der Waals surface area contributed by atoms with E-state index in [2.05, 4.69) is 20.8 Å². The lowest BCUT2D eigenvalue weighted by molar-refractivity contribution is 0.603. The van der Waals surface area contributed by atoms with Crippen LogP contribution in [0.2, 0.25) is 0 Å². The second kappa shape index (κ2) is 1.74. The van der Waals surface area contributed by atoms with Crippen LogP contribution < -0.4 is 0 Å². The standard InChI is InChI=1S/C6H11Cl.H4Si/c1-5(2)4-6(5,3)7;/h4H2,1-3H3;1H4. The summed E-state index contributed by atoms with van der Waals surface area (Å²) in [4.78, 5) is 0.118. The van der Waals surface area contributed by atoms with E-state index in [1.54, 1.807) is 0 Å². The molecular weight excluding hydrogens is 136 g/mol. The summed E-state index contributed by atoms with van der Waals surface area (Å²) < 4.78 is 0. The maximum absolute atomic E-state index is 5.93. The van der Waals surface area contributed by atoms with Crippen molar-refractivity contribution in [2.75, 3.05) is 0 Å². The van der Waals surface area contributed by atoms with Crippen molar-refractivity contribution in [1.29, 1.82) is 0 Å². The second-order valence-corrected chi connectivity index (χ2v) is 4.09. The Morgan fingerprint density at radius 2 is 1.38 bits per heavy atom. The molecule has 1 saturated carbocycles. The Labute approximate surface area is 60.6 Å². The third kappa shape index (κ3) is 1.08.